The van der Waals surface area contributed by atoms with E-state index in [0.29, 0.717) is 13.2 Å². The fraction of sp³-hybridized carbons (Fsp3) is 0.636. The Morgan fingerprint density at radius 3 is 2.93 bits per heavy atom. The first kappa shape index (κ1) is 12.6. The van der Waals surface area contributed by atoms with Crippen molar-refractivity contribution in [2.75, 3.05) is 20.3 Å². The van der Waals surface area contributed by atoms with E-state index in [1.54, 1.807) is 18.4 Å². The van der Waals surface area contributed by atoms with Crippen molar-refractivity contribution in [2.45, 2.75) is 25.5 Å². The van der Waals surface area contributed by atoms with Crippen molar-refractivity contribution in [2.24, 2.45) is 0 Å². The van der Waals surface area contributed by atoms with Crippen LogP contribution in [0.1, 0.15) is 18.7 Å². The third-order valence-corrected chi connectivity index (χ3v) is 3.39. The van der Waals surface area contributed by atoms with Gasteiger partial charge in [0.2, 0.25) is 0 Å². The predicted molar refractivity (Wildman–Crippen MR) is 63.2 cm³/mol. The third kappa shape index (κ3) is 3.91. The molecule has 86 valence electrons. The van der Waals surface area contributed by atoms with Gasteiger partial charge in [-0.2, -0.15) is 0 Å². The van der Waals surface area contributed by atoms with E-state index < -0.39 is 5.60 Å². The monoisotopic (exact) mass is 229 g/mol. The molecule has 15 heavy (non-hydrogen) atoms. The zero-order valence-corrected chi connectivity index (χ0v) is 10.3. The molecule has 1 aromatic rings. The third-order valence-electron chi connectivity index (χ3n) is 2.26. The number of hydrogen-bond donors (Lipinski definition) is 2. The van der Waals surface area contributed by atoms with Gasteiger partial charge in [0.15, 0.2) is 0 Å². The van der Waals surface area contributed by atoms with E-state index in [-0.39, 0.29) is 6.04 Å². The fourth-order valence-corrected chi connectivity index (χ4v) is 2.14. The summed E-state index contributed by atoms with van der Waals surface area (Å²) in [7, 11) is 1.68. The van der Waals surface area contributed by atoms with Crippen LogP contribution in [0.4, 0.5) is 0 Å². The predicted octanol–water partition coefficient (Wildman–Crippen LogP) is 1.58. The van der Waals surface area contributed by atoms with Gasteiger partial charge in [0, 0.05) is 24.6 Å². The van der Waals surface area contributed by atoms with Crippen LogP contribution in [0, 0.1) is 0 Å². The Bertz CT molecular complexity index is 272. The van der Waals surface area contributed by atoms with E-state index in [9.17, 15) is 5.11 Å². The molecule has 0 saturated carbocycles. The number of methoxy groups -OCH3 is 1. The molecule has 0 bridgehead atoms. The summed E-state index contributed by atoms with van der Waals surface area (Å²) in [6, 6.07) is 4.15. The number of rotatable bonds is 6. The minimum Gasteiger partial charge on any atom is -0.383 e. The first-order valence-electron chi connectivity index (χ1n) is 5.05. The molecule has 2 atom stereocenters. The second kappa shape index (κ2) is 5.61. The Morgan fingerprint density at radius 1 is 1.67 bits per heavy atom. The standard InChI is InChI=1S/C11H19NO2S/c1-9(7-14-3)12-8-11(2,13)10-5-4-6-15-10/h4-6,9,12-13H,7-8H2,1-3H3. The van der Waals surface area contributed by atoms with Crippen LogP contribution in [-0.2, 0) is 10.3 Å². The molecule has 0 spiro atoms. The smallest absolute Gasteiger partial charge is 0.108 e. The summed E-state index contributed by atoms with van der Waals surface area (Å²) in [5, 5.41) is 15.4. The molecule has 1 aromatic heterocycles. The van der Waals surface area contributed by atoms with Crippen molar-refractivity contribution in [3.8, 4) is 0 Å². The Morgan fingerprint density at radius 2 is 2.40 bits per heavy atom. The fourth-order valence-electron chi connectivity index (χ4n) is 1.35. The van der Waals surface area contributed by atoms with Gasteiger partial charge in [0.05, 0.1) is 6.61 Å². The van der Waals surface area contributed by atoms with Crippen molar-refractivity contribution in [1.29, 1.82) is 0 Å². The Kier molecular flexibility index (Phi) is 4.73. The molecular formula is C11H19NO2S. The number of aliphatic hydroxyl groups is 1. The maximum atomic E-state index is 10.2. The molecule has 0 fully saturated rings. The maximum absolute atomic E-state index is 10.2. The van der Waals surface area contributed by atoms with Gasteiger partial charge in [-0.1, -0.05) is 6.07 Å². The van der Waals surface area contributed by atoms with Crippen LogP contribution in [0.25, 0.3) is 0 Å². The van der Waals surface area contributed by atoms with Crippen LogP contribution < -0.4 is 5.32 Å². The van der Waals surface area contributed by atoms with Crippen LogP contribution in [0.5, 0.6) is 0 Å². The van der Waals surface area contributed by atoms with Crippen LogP contribution in [0.2, 0.25) is 0 Å². The SMILES string of the molecule is COCC(C)NCC(C)(O)c1cccs1. The summed E-state index contributed by atoms with van der Waals surface area (Å²) in [6.45, 7) is 5.05. The highest BCUT2D eigenvalue weighted by Crippen LogP contribution is 2.24. The van der Waals surface area contributed by atoms with E-state index in [1.165, 1.54) is 0 Å². The molecule has 0 amide bonds. The number of thiophene rings is 1. The maximum Gasteiger partial charge on any atom is 0.108 e. The minimum absolute atomic E-state index is 0.251. The lowest BCUT2D eigenvalue weighted by molar-refractivity contribution is 0.0535. The molecule has 1 heterocycles. The van der Waals surface area contributed by atoms with Gasteiger partial charge in [-0.15, -0.1) is 11.3 Å². The highest BCUT2D eigenvalue weighted by atomic mass is 32.1. The lowest BCUT2D eigenvalue weighted by Gasteiger charge is -2.24. The Hall–Kier alpha value is -0.420. The van der Waals surface area contributed by atoms with Gasteiger partial charge in [-0.3, -0.25) is 0 Å². The van der Waals surface area contributed by atoms with Gasteiger partial charge in [-0.25, -0.2) is 0 Å². The van der Waals surface area contributed by atoms with Gasteiger partial charge in [0.1, 0.15) is 5.60 Å². The molecule has 0 aliphatic heterocycles. The van der Waals surface area contributed by atoms with Crippen molar-refractivity contribution < 1.29 is 9.84 Å². The van der Waals surface area contributed by atoms with Gasteiger partial charge in [-0.05, 0) is 25.3 Å². The summed E-state index contributed by atoms with van der Waals surface area (Å²) in [6.07, 6.45) is 0. The Balaban J connectivity index is 2.43. The molecule has 0 aliphatic rings. The zero-order valence-electron chi connectivity index (χ0n) is 9.49. The van der Waals surface area contributed by atoms with E-state index in [1.807, 2.05) is 31.4 Å². The van der Waals surface area contributed by atoms with E-state index in [4.69, 9.17) is 4.74 Å². The number of ether oxygens (including phenoxy) is 1. The summed E-state index contributed by atoms with van der Waals surface area (Å²) in [4.78, 5) is 0.986. The largest absolute Gasteiger partial charge is 0.383 e. The van der Waals surface area contributed by atoms with Crippen molar-refractivity contribution in [3.63, 3.8) is 0 Å². The van der Waals surface area contributed by atoms with Crippen LogP contribution in [0.3, 0.4) is 0 Å². The molecular weight excluding hydrogens is 210 g/mol. The van der Waals surface area contributed by atoms with Crippen LogP contribution in [0.15, 0.2) is 17.5 Å². The van der Waals surface area contributed by atoms with Gasteiger partial charge in [0.25, 0.3) is 0 Å². The van der Waals surface area contributed by atoms with E-state index in [2.05, 4.69) is 5.32 Å². The topological polar surface area (TPSA) is 41.5 Å². The Labute approximate surface area is 95.1 Å². The van der Waals surface area contributed by atoms with Crippen LogP contribution >= 0.6 is 11.3 Å². The van der Waals surface area contributed by atoms with E-state index >= 15 is 0 Å². The number of nitrogens with one attached hydrogen (secondary N) is 1. The second-order valence-corrected chi connectivity index (χ2v) is 4.94. The van der Waals surface area contributed by atoms with Crippen molar-refractivity contribution in [1.82, 2.24) is 5.32 Å². The highest BCUT2D eigenvalue weighted by Gasteiger charge is 2.24. The first-order chi connectivity index (χ1) is 7.06. The summed E-state index contributed by atoms with van der Waals surface area (Å²) in [5.74, 6) is 0. The normalized spacial score (nSPS) is 17.3. The molecule has 0 aliphatic carbocycles. The molecule has 2 unspecified atom stereocenters. The zero-order chi connectivity index (χ0) is 11.3. The minimum atomic E-state index is -0.795. The molecule has 0 saturated heterocycles. The van der Waals surface area contributed by atoms with Gasteiger partial charge >= 0.3 is 0 Å². The molecule has 2 N–H and O–H groups in total. The average Bonchev–Trinajstić information content (AvgIpc) is 2.69. The second-order valence-electron chi connectivity index (χ2n) is 3.99. The first-order valence-corrected chi connectivity index (χ1v) is 5.93. The van der Waals surface area contributed by atoms with Crippen molar-refractivity contribution in [3.05, 3.63) is 22.4 Å². The van der Waals surface area contributed by atoms with E-state index in [0.717, 1.165) is 4.88 Å². The lowest BCUT2D eigenvalue weighted by Crippen LogP contribution is -2.40. The van der Waals surface area contributed by atoms with Crippen LogP contribution in [-0.4, -0.2) is 31.4 Å². The molecule has 1 rings (SSSR count). The van der Waals surface area contributed by atoms with Gasteiger partial charge < -0.3 is 15.2 Å². The molecule has 0 radical (unpaired) electrons. The summed E-state index contributed by atoms with van der Waals surface area (Å²) < 4.78 is 5.02. The molecule has 0 aromatic carbocycles. The quantitative estimate of drug-likeness (QED) is 0.778. The number of hydrogen-bond acceptors (Lipinski definition) is 4. The highest BCUT2D eigenvalue weighted by molar-refractivity contribution is 7.10. The average molecular weight is 229 g/mol. The van der Waals surface area contributed by atoms with Crippen molar-refractivity contribution >= 4 is 11.3 Å². The molecule has 3 nitrogen and oxygen atoms in total. The lowest BCUT2D eigenvalue weighted by atomic mass is 10.1. The summed E-state index contributed by atoms with van der Waals surface area (Å²) >= 11 is 1.57. The summed E-state index contributed by atoms with van der Waals surface area (Å²) in [5.41, 5.74) is -0.795. The molecule has 4 heteroatoms.